The summed E-state index contributed by atoms with van der Waals surface area (Å²) in [6.07, 6.45) is 65.5. The first-order valence-electron chi connectivity index (χ1n) is 43.0. The summed E-state index contributed by atoms with van der Waals surface area (Å²) in [4.78, 5) is 73.0. The highest BCUT2D eigenvalue weighted by Gasteiger charge is 2.30. The van der Waals surface area contributed by atoms with Gasteiger partial charge in [-0.25, -0.2) is 9.13 Å². The second kappa shape index (κ2) is 74.5. The van der Waals surface area contributed by atoms with Crippen LogP contribution < -0.4 is 0 Å². The van der Waals surface area contributed by atoms with E-state index in [0.29, 0.717) is 31.6 Å². The predicted octanol–water partition coefficient (Wildman–Crippen LogP) is 25.1. The van der Waals surface area contributed by atoms with E-state index in [1.807, 2.05) is 0 Å². The predicted molar refractivity (Wildman–Crippen MR) is 418 cm³/mol. The maximum absolute atomic E-state index is 13.1. The van der Waals surface area contributed by atoms with Gasteiger partial charge in [-0.05, 0) is 37.5 Å². The highest BCUT2D eigenvalue weighted by atomic mass is 31.2. The second-order valence-electron chi connectivity index (χ2n) is 30.8. The smallest absolute Gasteiger partial charge is 0.462 e. The van der Waals surface area contributed by atoms with Crippen molar-refractivity contribution in [3.8, 4) is 0 Å². The van der Waals surface area contributed by atoms with Crippen LogP contribution in [0.5, 0.6) is 0 Å². The molecule has 2 unspecified atom stereocenters. The highest BCUT2D eigenvalue weighted by Crippen LogP contribution is 2.45. The topological polar surface area (TPSA) is 237 Å². The van der Waals surface area contributed by atoms with Gasteiger partial charge in [0.2, 0.25) is 0 Å². The standard InChI is InChI=1S/C83H162O17P2/c1-7-9-11-13-15-17-19-20-21-22-23-24-28-31-34-38-41-47-53-59-65-80(85)93-71-78(99-83(88)68-62-56-49-43-39-35-32-29-26-25-27-30-33-37-40-45-51-57-63-75(3)4)73-97-101(89,90)95-69-77(84)70-96-102(91,92)98-74-79(72-94-81(86)66-60-54-50-44-46-52-58-64-76(5)6)100-82(87)67-61-55-48-42-36-18-16-14-12-10-8-2/h75-79,84H,7-74H2,1-6H3,(H,89,90)(H,91,92)/t77-,78-,79-/m1/s1. The Balaban J connectivity index is 5.19. The van der Waals surface area contributed by atoms with E-state index in [0.717, 1.165) is 102 Å². The molecule has 0 aromatic rings. The summed E-state index contributed by atoms with van der Waals surface area (Å²) in [5.74, 6) is -0.582. The van der Waals surface area contributed by atoms with Crippen molar-refractivity contribution in [2.75, 3.05) is 39.6 Å². The summed E-state index contributed by atoms with van der Waals surface area (Å²) in [6.45, 7) is 9.62. The number of aliphatic hydroxyl groups excluding tert-OH is 1. The average Bonchev–Trinajstić information content (AvgIpc) is 0.910. The molecular weight excluding hydrogens is 1330 g/mol. The van der Waals surface area contributed by atoms with Crippen molar-refractivity contribution in [1.29, 1.82) is 0 Å². The molecule has 0 aliphatic heterocycles. The van der Waals surface area contributed by atoms with Gasteiger partial charge in [0.05, 0.1) is 26.4 Å². The van der Waals surface area contributed by atoms with E-state index in [1.54, 1.807) is 0 Å². The Hall–Kier alpha value is -1.94. The molecule has 0 aromatic heterocycles. The third-order valence-corrected chi connectivity index (χ3v) is 21.4. The number of aliphatic hydroxyl groups is 1. The molecule has 0 saturated carbocycles. The van der Waals surface area contributed by atoms with E-state index >= 15 is 0 Å². The molecule has 0 radical (unpaired) electrons. The summed E-state index contributed by atoms with van der Waals surface area (Å²) >= 11 is 0. The number of rotatable bonds is 82. The fourth-order valence-corrected chi connectivity index (χ4v) is 14.5. The average molecular weight is 1490 g/mol. The molecule has 606 valence electrons. The number of hydrogen-bond acceptors (Lipinski definition) is 15. The Kier molecular flexibility index (Phi) is 73.1. The zero-order valence-electron chi connectivity index (χ0n) is 66.9. The first-order chi connectivity index (χ1) is 49.4. The molecule has 0 aliphatic carbocycles. The Labute approximate surface area is 626 Å². The van der Waals surface area contributed by atoms with Crippen LogP contribution >= 0.6 is 15.6 Å². The fourth-order valence-electron chi connectivity index (χ4n) is 12.9. The molecular formula is C83H162O17P2. The molecule has 3 N–H and O–H groups in total. The monoisotopic (exact) mass is 1490 g/mol. The molecule has 0 spiro atoms. The van der Waals surface area contributed by atoms with Crippen molar-refractivity contribution in [3.63, 3.8) is 0 Å². The number of carbonyl (C=O) groups excluding carboxylic acids is 4. The number of hydrogen-bond donors (Lipinski definition) is 3. The minimum Gasteiger partial charge on any atom is -0.462 e. The van der Waals surface area contributed by atoms with Crippen molar-refractivity contribution >= 4 is 39.5 Å². The first kappa shape index (κ1) is 100. The van der Waals surface area contributed by atoms with Crippen LogP contribution in [0.2, 0.25) is 0 Å². The normalized spacial score (nSPS) is 13.9. The van der Waals surface area contributed by atoms with Gasteiger partial charge in [-0.3, -0.25) is 37.3 Å². The highest BCUT2D eigenvalue weighted by molar-refractivity contribution is 7.47. The van der Waals surface area contributed by atoms with E-state index in [-0.39, 0.29) is 25.7 Å². The van der Waals surface area contributed by atoms with Crippen LogP contribution in [-0.4, -0.2) is 96.7 Å². The van der Waals surface area contributed by atoms with Gasteiger partial charge in [-0.2, -0.15) is 0 Å². The lowest BCUT2D eigenvalue weighted by molar-refractivity contribution is -0.161. The van der Waals surface area contributed by atoms with Gasteiger partial charge in [0.1, 0.15) is 19.3 Å². The number of phosphoric acid groups is 2. The minimum atomic E-state index is -4.96. The van der Waals surface area contributed by atoms with Gasteiger partial charge in [0.15, 0.2) is 12.2 Å². The number of phosphoric ester groups is 2. The SMILES string of the molecule is CCCCCCCCCCCCCCCCCCCCCCC(=O)OC[C@H](COP(=O)(O)OC[C@@H](O)COP(=O)(O)OC[C@@H](COC(=O)CCCCCCCCCC(C)C)OC(=O)CCCCCCCCCCCCC)OC(=O)CCCCCCCCCCCCCCCCCCCCC(C)C. The van der Waals surface area contributed by atoms with E-state index in [9.17, 15) is 43.2 Å². The van der Waals surface area contributed by atoms with Crippen LogP contribution in [-0.2, 0) is 65.4 Å². The van der Waals surface area contributed by atoms with Gasteiger partial charge < -0.3 is 33.8 Å². The molecule has 0 aromatic carbocycles. The van der Waals surface area contributed by atoms with Gasteiger partial charge in [-0.1, -0.05) is 388 Å². The third-order valence-electron chi connectivity index (χ3n) is 19.5. The Morgan fingerprint density at radius 1 is 0.265 bits per heavy atom. The molecule has 0 amide bonds. The van der Waals surface area contributed by atoms with Crippen LogP contribution in [0.25, 0.3) is 0 Å². The van der Waals surface area contributed by atoms with Crippen molar-refractivity contribution in [2.45, 2.75) is 458 Å². The third kappa shape index (κ3) is 76.3. The molecule has 0 bridgehead atoms. The molecule has 5 atom stereocenters. The number of ether oxygens (including phenoxy) is 4. The van der Waals surface area contributed by atoms with E-state index < -0.39 is 97.5 Å². The van der Waals surface area contributed by atoms with Crippen molar-refractivity contribution in [1.82, 2.24) is 0 Å². The summed E-state index contributed by atoms with van der Waals surface area (Å²) in [6, 6.07) is 0. The Morgan fingerprint density at radius 3 is 0.667 bits per heavy atom. The summed E-state index contributed by atoms with van der Waals surface area (Å²) in [7, 11) is -9.92. The largest absolute Gasteiger partial charge is 0.472 e. The van der Waals surface area contributed by atoms with E-state index in [2.05, 4.69) is 41.5 Å². The lowest BCUT2D eigenvalue weighted by atomic mass is 10.0. The van der Waals surface area contributed by atoms with Gasteiger partial charge >= 0.3 is 39.5 Å². The Morgan fingerprint density at radius 2 is 0.451 bits per heavy atom. The van der Waals surface area contributed by atoms with Crippen LogP contribution in [0.3, 0.4) is 0 Å². The van der Waals surface area contributed by atoms with E-state index in [1.165, 1.54) is 250 Å². The fraction of sp³-hybridized carbons (Fsp3) is 0.952. The molecule has 17 nitrogen and oxygen atoms in total. The van der Waals surface area contributed by atoms with Crippen LogP contribution in [0.15, 0.2) is 0 Å². The Bertz CT molecular complexity index is 1960. The lowest BCUT2D eigenvalue weighted by Gasteiger charge is -2.21. The van der Waals surface area contributed by atoms with Crippen molar-refractivity contribution in [3.05, 3.63) is 0 Å². The molecule has 0 fully saturated rings. The number of esters is 4. The van der Waals surface area contributed by atoms with Gasteiger partial charge in [-0.15, -0.1) is 0 Å². The summed E-state index contributed by atoms with van der Waals surface area (Å²) in [5, 5.41) is 10.6. The van der Waals surface area contributed by atoms with Gasteiger partial charge in [0, 0.05) is 25.7 Å². The van der Waals surface area contributed by atoms with Gasteiger partial charge in [0.25, 0.3) is 0 Å². The van der Waals surface area contributed by atoms with Crippen molar-refractivity contribution < 1.29 is 80.2 Å². The minimum absolute atomic E-state index is 0.106. The molecule has 0 saturated heterocycles. The summed E-state index contributed by atoms with van der Waals surface area (Å²) in [5.41, 5.74) is 0. The molecule has 19 heteroatoms. The maximum atomic E-state index is 13.1. The first-order valence-corrected chi connectivity index (χ1v) is 46.0. The lowest BCUT2D eigenvalue weighted by Crippen LogP contribution is -2.30. The van der Waals surface area contributed by atoms with Crippen molar-refractivity contribution in [2.24, 2.45) is 11.8 Å². The zero-order chi connectivity index (χ0) is 74.9. The van der Waals surface area contributed by atoms with Crippen LogP contribution in [0, 0.1) is 11.8 Å². The zero-order valence-corrected chi connectivity index (χ0v) is 68.7. The maximum Gasteiger partial charge on any atom is 0.472 e. The second-order valence-corrected chi connectivity index (χ2v) is 33.7. The van der Waals surface area contributed by atoms with E-state index in [4.69, 9.17) is 37.0 Å². The van der Waals surface area contributed by atoms with Crippen LogP contribution in [0.4, 0.5) is 0 Å². The number of carbonyl (C=O) groups is 4. The molecule has 102 heavy (non-hydrogen) atoms. The summed E-state index contributed by atoms with van der Waals surface area (Å²) < 4.78 is 68.7. The molecule has 0 heterocycles. The van der Waals surface area contributed by atoms with Crippen LogP contribution in [0.1, 0.15) is 440 Å². The number of unbranched alkanes of at least 4 members (excludes halogenated alkanes) is 52. The quantitative estimate of drug-likeness (QED) is 0.0222. The molecule has 0 aliphatic rings. The molecule has 0 rings (SSSR count).